The highest BCUT2D eigenvalue weighted by molar-refractivity contribution is 5.94. The van der Waals surface area contributed by atoms with E-state index in [4.69, 9.17) is 9.47 Å². The van der Waals surface area contributed by atoms with Gasteiger partial charge < -0.3 is 19.7 Å². The van der Waals surface area contributed by atoms with Crippen molar-refractivity contribution in [3.05, 3.63) is 65.4 Å². The fourth-order valence-corrected chi connectivity index (χ4v) is 3.38. The Morgan fingerprint density at radius 2 is 1.90 bits per heavy atom. The summed E-state index contributed by atoms with van der Waals surface area (Å²) in [5.41, 5.74) is 3.27. The van der Waals surface area contributed by atoms with Crippen LogP contribution < -0.4 is 10.1 Å². The van der Waals surface area contributed by atoms with E-state index in [9.17, 15) is 14.4 Å². The molecule has 1 atom stereocenters. The lowest BCUT2D eigenvalue weighted by Crippen LogP contribution is -2.33. The Morgan fingerprint density at radius 1 is 1.13 bits per heavy atom. The molecule has 0 radical (unpaired) electrons. The van der Waals surface area contributed by atoms with Gasteiger partial charge in [-0.25, -0.2) is 0 Å². The van der Waals surface area contributed by atoms with Crippen LogP contribution in [0.3, 0.4) is 0 Å². The molecule has 1 N–H and O–H groups in total. The van der Waals surface area contributed by atoms with Crippen LogP contribution in [0.15, 0.2) is 48.7 Å². The summed E-state index contributed by atoms with van der Waals surface area (Å²) in [5.74, 6) is -0.701. The minimum Gasteiger partial charge on any atom is -0.495 e. The second-order valence-corrected chi connectivity index (χ2v) is 7.00. The summed E-state index contributed by atoms with van der Waals surface area (Å²) in [5, 5.41) is 2.69. The summed E-state index contributed by atoms with van der Waals surface area (Å²) in [6.45, 7) is 2.91. The molecule has 0 saturated carbocycles. The average molecular weight is 408 g/mol. The molecule has 2 aromatic carbocycles. The largest absolute Gasteiger partial charge is 0.495 e. The highest BCUT2D eigenvalue weighted by Crippen LogP contribution is 2.33. The molecule has 156 valence electrons. The van der Waals surface area contributed by atoms with Gasteiger partial charge in [-0.15, -0.1) is 0 Å². The maximum atomic E-state index is 12.4. The van der Waals surface area contributed by atoms with Crippen molar-refractivity contribution in [3.8, 4) is 5.75 Å². The SMILES string of the molecule is COc1ccc(C)cc1NC(=O)COC(=O)C[C@@H]1c2ccccc2C=CN1C(C)=O. The van der Waals surface area contributed by atoms with Crippen molar-refractivity contribution in [1.29, 1.82) is 0 Å². The first kappa shape index (κ1) is 21.1. The molecular formula is C23H24N2O5. The number of rotatable bonds is 6. The van der Waals surface area contributed by atoms with Crippen molar-refractivity contribution >= 4 is 29.5 Å². The molecule has 1 aliphatic heterocycles. The predicted octanol–water partition coefficient (Wildman–Crippen LogP) is 3.45. The van der Waals surface area contributed by atoms with E-state index in [1.807, 2.05) is 43.3 Å². The molecule has 2 aromatic rings. The average Bonchev–Trinajstić information content (AvgIpc) is 2.72. The maximum absolute atomic E-state index is 12.4. The topological polar surface area (TPSA) is 84.9 Å². The summed E-state index contributed by atoms with van der Waals surface area (Å²) >= 11 is 0. The van der Waals surface area contributed by atoms with Gasteiger partial charge in [0, 0.05) is 13.1 Å². The number of aryl methyl sites for hydroxylation is 1. The fraction of sp³-hybridized carbons (Fsp3) is 0.261. The minimum atomic E-state index is -0.567. The van der Waals surface area contributed by atoms with E-state index in [0.29, 0.717) is 11.4 Å². The number of nitrogens with one attached hydrogen (secondary N) is 1. The van der Waals surface area contributed by atoms with Crippen LogP contribution >= 0.6 is 0 Å². The van der Waals surface area contributed by atoms with E-state index in [1.165, 1.54) is 18.9 Å². The van der Waals surface area contributed by atoms with Crippen LogP contribution in [0, 0.1) is 6.92 Å². The second-order valence-electron chi connectivity index (χ2n) is 7.00. The molecule has 0 bridgehead atoms. The first-order valence-corrected chi connectivity index (χ1v) is 9.55. The van der Waals surface area contributed by atoms with Crippen LogP contribution in [0.25, 0.3) is 6.08 Å². The van der Waals surface area contributed by atoms with Gasteiger partial charge in [-0.05, 0) is 41.8 Å². The van der Waals surface area contributed by atoms with Crippen molar-refractivity contribution in [2.24, 2.45) is 0 Å². The number of nitrogens with zero attached hydrogens (tertiary/aromatic N) is 1. The zero-order valence-corrected chi connectivity index (χ0v) is 17.2. The van der Waals surface area contributed by atoms with Crippen molar-refractivity contribution in [3.63, 3.8) is 0 Å². The van der Waals surface area contributed by atoms with Gasteiger partial charge in [0.15, 0.2) is 6.61 Å². The number of hydrogen-bond donors (Lipinski definition) is 1. The van der Waals surface area contributed by atoms with Crippen molar-refractivity contribution in [2.45, 2.75) is 26.3 Å². The maximum Gasteiger partial charge on any atom is 0.308 e. The first-order valence-electron chi connectivity index (χ1n) is 9.55. The molecular weight excluding hydrogens is 384 g/mol. The highest BCUT2D eigenvalue weighted by Gasteiger charge is 2.29. The van der Waals surface area contributed by atoms with Crippen LogP contribution in [-0.2, 0) is 19.1 Å². The van der Waals surface area contributed by atoms with Crippen LogP contribution in [0.2, 0.25) is 0 Å². The molecule has 1 heterocycles. The number of methoxy groups -OCH3 is 1. The number of ether oxygens (including phenoxy) is 2. The molecule has 1 aliphatic rings. The Morgan fingerprint density at radius 3 is 2.63 bits per heavy atom. The number of esters is 1. The van der Waals surface area contributed by atoms with E-state index < -0.39 is 24.5 Å². The third-order valence-electron chi connectivity index (χ3n) is 4.82. The van der Waals surface area contributed by atoms with Crippen LogP contribution in [0.5, 0.6) is 5.75 Å². The lowest BCUT2D eigenvalue weighted by Gasteiger charge is -2.32. The minimum absolute atomic E-state index is 0.0536. The van der Waals surface area contributed by atoms with Gasteiger partial charge in [0.1, 0.15) is 5.75 Å². The zero-order chi connectivity index (χ0) is 21.7. The Kier molecular flexibility index (Phi) is 6.51. The summed E-state index contributed by atoms with van der Waals surface area (Å²) in [4.78, 5) is 38.2. The number of amides is 2. The molecule has 30 heavy (non-hydrogen) atoms. The van der Waals surface area contributed by atoms with Crippen molar-refractivity contribution in [1.82, 2.24) is 4.90 Å². The van der Waals surface area contributed by atoms with Gasteiger partial charge in [0.05, 0.1) is 25.3 Å². The van der Waals surface area contributed by atoms with Crippen LogP contribution in [0.4, 0.5) is 5.69 Å². The van der Waals surface area contributed by atoms with E-state index in [-0.39, 0.29) is 12.3 Å². The van der Waals surface area contributed by atoms with Gasteiger partial charge in [0.25, 0.3) is 5.91 Å². The third kappa shape index (κ3) is 4.86. The molecule has 0 aliphatic carbocycles. The van der Waals surface area contributed by atoms with Gasteiger partial charge >= 0.3 is 5.97 Å². The van der Waals surface area contributed by atoms with Gasteiger partial charge in [-0.1, -0.05) is 30.3 Å². The van der Waals surface area contributed by atoms with Gasteiger partial charge in [-0.3, -0.25) is 14.4 Å². The van der Waals surface area contributed by atoms with Crippen LogP contribution in [-0.4, -0.2) is 36.4 Å². The summed E-state index contributed by atoms with van der Waals surface area (Å²) in [6.07, 6.45) is 3.45. The van der Waals surface area contributed by atoms with Gasteiger partial charge in [-0.2, -0.15) is 0 Å². The molecule has 0 aromatic heterocycles. The number of benzene rings is 2. The predicted molar refractivity (Wildman–Crippen MR) is 113 cm³/mol. The Balaban J connectivity index is 1.62. The number of carbonyl (C=O) groups is 3. The molecule has 2 amide bonds. The summed E-state index contributed by atoms with van der Waals surface area (Å²) < 4.78 is 10.4. The number of anilines is 1. The van der Waals surface area contributed by atoms with Gasteiger partial charge in [0.2, 0.25) is 5.91 Å². The molecule has 0 fully saturated rings. The Bertz CT molecular complexity index is 999. The monoisotopic (exact) mass is 408 g/mol. The quantitative estimate of drug-likeness (QED) is 0.740. The second kappa shape index (κ2) is 9.26. The van der Waals surface area contributed by atoms with Crippen molar-refractivity contribution < 1.29 is 23.9 Å². The van der Waals surface area contributed by atoms with E-state index >= 15 is 0 Å². The Labute approximate surface area is 175 Å². The lowest BCUT2D eigenvalue weighted by atomic mass is 9.94. The lowest BCUT2D eigenvalue weighted by molar-refractivity contribution is -0.149. The van der Waals surface area contributed by atoms with Crippen LogP contribution in [0.1, 0.15) is 36.1 Å². The smallest absolute Gasteiger partial charge is 0.308 e. The highest BCUT2D eigenvalue weighted by atomic mass is 16.5. The van der Waals surface area contributed by atoms with E-state index in [1.54, 1.807) is 18.3 Å². The van der Waals surface area contributed by atoms with Crippen molar-refractivity contribution in [2.75, 3.05) is 19.0 Å². The standard InChI is InChI=1S/C23H24N2O5/c1-15-8-9-21(29-3)19(12-15)24-22(27)14-30-23(28)13-20-18-7-5-4-6-17(18)10-11-25(20)16(2)26/h4-12,20H,13-14H2,1-3H3,(H,24,27)/t20-/m1/s1. The third-order valence-corrected chi connectivity index (χ3v) is 4.82. The number of carbonyl (C=O) groups excluding carboxylic acids is 3. The summed E-state index contributed by atoms with van der Waals surface area (Å²) in [6, 6.07) is 12.5. The van der Waals surface area contributed by atoms with E-state index in [2.05, 4.69) is 5.32 Å². The summed E-state index contributed by atoms with van der Waals surface area (Å²) in [7, 11) is 1.51. The molecule has 0 spiro atoms. The normalized spacial score (nSPS) is 14.6. The first-order chi connectivity index (χ1) is 14.4. The molecule has 3 rings (SSSR count). The molecule has 7 heteroatoms. The molecule has 0 saturated heterocycles. The number of fused-ring (bicyclic) bond motifs is 1. The number of hydrogen-bond acceptors (Lipinski definition) is 5. The van der Waals surface area contributed by atoms with E-state index in [0.717, 1.165) is 16.7 Å². The zero-order valence-electron chi connectivity index (χ0n) is 17.2. The molecule has 7 nitrogen and oxygen atoms in total. The molecule has 0 unspecified atom stereocenters. The Hall–Kier alpha value is -3.61. The fourth-order valence-electron chi connectivity index (χ4n) is 3.38.